The Labute approximate surface area is 184 Å². The number of carbonyl (C=O) groups is 1. The molecule has 0 fully saturated rings. The van der Waals surface area contributed by atoms with Gasteiger partial charge in [-0.05, 0) is 19.9 Å². The smallest absolute Gasteiger partial charge is 0.366 e. The fourth-order valence-corrected chi connectivity index (χ4v) is 4.30. The molecule has 0 bridgehead atoms. The summed E-state index contributed by atoms with van der Waals surface area (Å²) in [6, 6.07) is 1.87. The highest BCUT2D eigenvalue weighted by Crippen LogP contribution is 2.34. The van der Waals surface area contributed by atoms with Crippen LogP contribution in [-0.4, -0.2) is 61.7 Å². The lowest BCUT2D eigenvalue weighted by molar-refractivity contribution is -0.147. The highest BCUT2D eigenvalue weighted by molar-refractivity contribution is 7.18. The maximum absolute atomic E-state index is 13.1. The van der Waals surface area contributed by atoms with Crippen LogP contribution in [0.25, 0.3) is 10.2 Å². The van der Waals surface area contributed by atoms with Gasteiger partial charge < -0.3 is 24.6 Å². The van der Waals surface area contributed by atoms with Crippen LogP contribution in [0.3, 0.4) is 0 Å². The van der Waals surface area contributed by atoms with Crippen LogP contribution in [-0.2, 0) is 24.0 Å². The van der Waals surface area contributed by atoms with Gasteiger partial charge in [0.1, 0.15) is 10.6 Å². The first kappa shape index (κ1) is 22.4. The maximum Gasteiger partial charge on any atom is 0.451 e. The van der Waals surface area contributed by atoms with Gasteiger partial charge >= 0.3 is 6.18 Å². The highest BCUT2D eigenvalue weighted by Gasteiger charge is 2.39. The lowest BCUT2D eigenvalue weighted by atomic mass is 10.2. The van der Waals surface area contributed by atoms with Crippen LogP contribution in [0, 0.1) is 6.92 Å². The molecule has 0 saturated heterocycles. The standard InChI is InChI=1S/C18H20F3N7O3S/c1-3-31-12(29)7-22-15(30)13-23-14(10-6-9(2)32-16(10)24-13)27-4-5-28-11(8-27)25-26-17(28)18(19,20)21/h6,12,29H,3-5,7-8H2,1-2H3,(H,22,30). The SMILES string of the molecule is CCOC(O)CNC(=O)c1nc(N2CCn3c(nnc3C(F)(F)F)C2)c2cc(C)sc2n1. The van der Waals surface area contributed by atoms with E-state index in [4.69, 9.17) is 4.74 Å². The quantitative estimate of drug-likeness (QED) is 0.522. The Bertz CT molecular complexity index is 1150. The van der Waals surface area contributed by atoms with Crippen LogP contribution >= 0.6 is 11.3 Å². The number of halogens is 3. The van der Waals surface area contributed by atoms with E-state index in [-0.39, 0.29) is 44.4 Å². The molecule has 1 amide bonds. The molecule has 3 aromatic heterocycles. The minimum Gasteiger partial charge on any atom is -0.366 e. The minimum atomic E-state index is -4.59. The summed E-state index contributed by atoms with van der Waals surface area (Å²) in [7, 11) is 0. The van der Waals surface area contributed by atoms with Crippen molar-refractivity contribution in [2.24, 2.45) is 0 Å². The molecule has 4 heterocycles. The number of hydrogen-bond acceptors (Lipinski definition) is 9. The third-order valence-electron chi connectivity index (χ3n) is 4.80. The number of nitrogens with one attached hydrogen (secondary N) is 1. The monoisotopic (exact) mass is 471 g/mol. The number of anilines is 1. The number of carbonyl (C=O) groups excluding carboxylic acids is 1. The van der Waals surface area contributed by atoms with Gasteiger partial charge in [0.15, 0.2) is 12.1 Å². The molecule has 0 aliphatic carbocycles. The number of rotatable bonds is 6. The summed E-state index contributed by atoms with van der Waals surface area (Å²) >= 11 is 1.37. The predicted octanol–water partition coefficient (Wildman–Crippen LogP) is 1.71. The van der Waals surface area contributed by atoms with Crippen LogP contribution < -0.4 is 10.2 Å². The number of aliphatic hydroxyl groups is 1. The molecular weight excluding hydrogens is 451 g/mol. The van der Waals surface area contributed by atoms with Crippen LogP contribution in [0.15, 0.2) is 6.07 Å². The lowest BCUT2D eigenvalue weighted by Gasteiger charge is -2.29. The molecule has 0 saturated carbocycles. The molecular formula is C18H20F3N7O3S. The van der Waals surface area contributed by atoms with E-state index in [9.17, 15) is 23.1 Å². The van der Waals surface area contributed by atoms with E-state index in [1.54, 1.807) is 11.8 Å². The molecule has 14 heteroatoms. The number of aryl methyl sites for hydroxylation is 1. The van der Waals surface area contributed by atoms with E-state index < -0.39 is 24.2 Å². The van der Waals surface area contributed by atoms with Crippen molar-refractivity contribution in [1.29, 1.82) is 0 Å². The molecule has 2 N–H and O–H groups in total. The molecule has 172 valence electrons. The molecule has 1 unspecified atom stereocenters. The van der Waals surface area contributed by atoms with Crippen LogP contribution in [0.2, 0.25) is 0 Å². The Morgan fingerprint density at radius 1 is 1.34 bits per heavy atom. The Balaban J connectivity index is 1.64. The van der Waals surface area contributed by atoms with Crippen molar-refractivity contribution in [3.63, 3.8) is 0 Å². The first-order chi connectivity index (χ1) is 15.2. The number of amides is 1. The summed E-state index contributed by atoms with van der Waals surface area (Å²) in [6.07, 6.45) is -5.75. The number of alkyl halides is 3. The van der Waals surface area contributed by atoms with Gasteiger partial charge in [0.25, 0.3) is 5.91 Å². The Kier molecular flexibility index (Phi) is 6.01. The number of thiophene rings is 1. The number of aromatic nitrogens is 5. The zero-order chi connectivity index (χ0) is 23.0. The maximum atomic E-state index is 13.1. The van der Waals surface area contributed by atoms with E-state index in [0.29, 0.717) is 16.0 Å². The lowest BCUT2D eigenvalue weighted by Crippen LogP contribution is -2.37. The fourth-order valence-electron chi connectivity index (χ4n) is 3.43. The van der Waals surface area contributed by atoms with Crippen LogP contribution in [0.5, 0.6) is 0 Å². The zero-order valence-electron chi connectivity index (χ0n) is 17.2. The summed E-state index contributed by atoms with van der Waals surface area (Å²) in [4.78, 5) is 24.6. The van der Waals surface area contributed by atoms with Gasteiger partial charge in [0, 0.05) is 24.6 Å². The average Bonchev–Trinajstić information content (AvgIpc) is 3.33. The van der Waals surface area contributed by atoms with Gasteiger partial charge in [0.05, 0.1) is 18.5 Å². The Morgan fingerprint density at radius 2 is 2.12 bits per heavy atom. The molecule has 0 radical (unpaired) electrons. The van der Waals surface area contributed by atoms with E-state index in [1.165, 1.54) is 11.3 Å². The summed E-state index contributed by atoms with van der Waals surface area (Å²) in [5, 5.41) is 19.9. The number of aliphatic hydroxyl groups excluding tert-OH is 1. The summed E-state index contributed by atoms with van der Waals surface area (Å²) in [6.45, 7) is 4.04. The van der Waals surface area contributed by atoms with E-state index in [1.807, 2.05) is 13.0 Å². The largest absolute Gasteiger partial charge is 0.451 e. The Hall–Kier alpha value is -2.84. The van der Waals surface area contributed by atoms with E-state index in [2.05, 4.69) is 25.5 Å². The van der Waals surface area contributed by atoms with Gasteiger partial charge in [-0.3, -0.25) is 4.79 Å². The first-order valence-electron chi connectivity index (χ1n) is 9.77. The molecule has 1 aliphatic rings. The minimum absolute atomic E-state index is 0.0217. The molecule has 1 atom stereocenters. The van der Waals surface area contributed by atoms with Crippen molar-refractivity contribution in [3.8, 4) is 0 Å². The molecule has 0 spiro atoms. The van der Waals surface area contributed by atoms with Crippen molar-refractivity contribution in [2.75, 3.05) is 24.6 Å². The van der Waals surface area contributed by atoms with E-state index >= 15 is 0 Å². The zero-order valence-corrected chi connectivity index (χ0v) is 18.0. The number of nitrogens with zero attached hydrogens (tertiary/aromatic N) is 6. The third-order valence-corrected chi connectivity index (χ3v) is 5.75. The van der Waals surface area contributed by atoms with Crippen LogP contribution in [0.4, 0.5) is 19.0 Å². The summed E-state index contributed by atoms with van der Waals surface area (Å²) in [5.41, 5.74) is 0. The topological polar surface area (TPSA) is 118 Å². The van der Waals surface area contributed by atoms with E-state index in [0.717, 1.165) is 9.44 Å². The van der Waals surface area contributed by atoms with Gasteiger partial charge in [-0.2, -0.15) is 13.2 Å². The molecule has 0 aromatic carbocycles. The second-order valence-electron chi connectivity index (χ2n) is 7.08. The van der Waals surface area contributed by atoms with Crippen LogP contribution in [0.1, 0.15) is 34.1 Å². The van der Waals surface area contributed by atoms with Gasteiger partial charge in [0.2, 0.25) is 11.6 Å². The molecule has 10 nitrogen and oxygen atoms in total. The van der Waals surface area contributed by atoms with Crippen molar-refractivity contribution in [3.05, 3.63) is 28.4 Å². The number of hydrogen-bond donors (Lipinski definition) is 2. The first-order valence-corrected chi connectivity index (χ1v) is 10.6. The van der Waals surface area contributed by atoms with Gasteiger partial charge in [-0.25, -0.2) is 9.97 Å². The molecule has 4 rings (SSSR count). The average molecular weight is 471 g/mol. The second-order valence-corrected chi connectivity index (χ2v) is 8.31. The second kappa shape index (κ2) is 8.60. The molecule has 3 aromatic rings. The van der Waals surface area contributed by atoms with Gasteiger partial charge in [-0.1, -0.05) is 0 Å². The van der Waals surface area contributed by atoms with Crippen molar-refractivity contribution in [1.82, 2.24) is 30.0 Å². The predicted molar refractivity (Wildman–Crippen MR) is 108 cm³/mol. The number of ether oxygens (including phenoxy) is 1. The Morgan fingerprint density at radius 3 is 2.84 bits per heavy atom. The number of fused-ring (bicyclic) bond motifs is 2. The highest BCUT2D eigenvalue weighted by atomic mass is 32.1. The molecule has 1 aliphatic heterocycles. The normalized spacial score (nSPS) is 15.1. The van der Waals surface area contributed by atoms with Crippen molar-refractivity contribution >= 4 is 33.3 Å². The van der Waals surface area contributed by atoms with Crippen molar-refractivity contribution < 1.29 is 27.8 Å². The third kappa shape index (κ3) is 4.38. The van der Waals surface area contributed by atoms with Gasteiger partial charge in [-0.15, -0.1) is 21.5 Å². The molecule has 32 heavy (non-hydrogen) atoms. The van der Waals surface area contributed by atoms with Crippen molar-refractivity contribution in [2.45, 2.75) is 39.4 Å². The summed E-state index contributed by atoms with van der Waals surface area (Å²) in [5.74, 6) is -1.15. The summed E-state index contributed by atoms with van der Waals surface area (Å²) < 4.78 is 45.4. The fraction of sp³-hybridized carbons (Fsp3) is 0.500.